The van der Waals surface area contributed by atoms with Crippen molar-refractivity contribution in [3.63, 3.8) is 0 Å². The van der Waals surface area contributed by atoms with Crippen molar-refractivity contribution in [3.8, 4) is 5.75 Å². The first kappa shape index (κ1) is 13.2. The zero-order valence-electron chi connectivity index (χ0n) is 11.4. The number of rotatable bonds is 3. The first-order valence-corrected chi connectivity index (χ1v) is 7.46. The first-order chi connectivity index (χ1) is 9.22. The van der Waals surface area contributed by atoms with Crippen LogP contribution in [0.3, 0.4) is 0 Å². The van der Waals surface area contributed by atoms with Crippen molar-refractivity contribution in [2.45, 2.75) is 31.4 Å². The van der Waals surface area contributed by atoms with Crippen LogP contribution in [0, 0.1) is 0 Å². The maximum absolute atomic E-state index is 6.03. The van der Waals surface area contributed by atoms with Crippen molar-refractivity contribution in [1.82, 2.24) is 10.2 Å². The van der Waals surface area contributed by atoms with E-state index < -0.39 is 0 Å². The van der Waals surface area contributed by atoms with Crippen LogP contribution in [0.15, 0.2) is 18.2 Å². The van der Waals surface area contributed by atoms with Gasteiger partial charge in [-0.3, -0.25) is 4.90 Å². The van der Waals surface area contributed by atoms with Crippen molar-refractivity contribution in [3.05, 3.63) is 28.8 Å². The largest absolute Gasteiger partial charge is 0.488 e. The molecule has 19 heavy (non-hydrogen) atoms. The van der Waals surface area contributed by atoms with Crippen LogP contribution in [-0.4, -0.2) is 43.7 Å². The van der Waals surface area contributed by atoms with Gasteiger partial charge in [-0.25, -0.2) is 0 Å². The predicted octanol–water partition coefficient (Wildman–Crippen LogP) is 2.33. The SMILES string of the molecule is CN(CC1Cc2cc(Cl)ccc2O1)C1CCNCC1. The minimum atomic E-state index is 0.272. The van der Waals surface area contributed by atoms with Crippen LogP contribution >= 0.6 is 11.6 Å². The van der Waals surface area contributed by atoms with Crippen LogP contribution in [0.25, 0.3) is 0 Å². The quantitative estimate of drug-likeness (QED) is 0.920. The van der Waals surface area contributed by atoms with E-state index in [2.05, 4.69) is 17.3 Å². The normalized spacial score (nSPS) is 23.4. The monoisotopic (exact) mass is 280 g/mol. The second-order valence-electron chi connectivity index (χ2n) is 5.62. The molecule has 2 heterocycles. The summed E-state index contributed by atoms with van der Waals surface area (Å²) in [5.41, 5.74) is 1.25. The molecule has 4 heteroatoms. The Kier molecular flexibility index (Phi) is 3.96. The second kappa shape index (κ2) is 5.70. The van der Waals surface area contributed by atoms with Gasteiger partial charge >= 0.3 is 0 Å². The Balaban J connectivity index is 1.57. The fraction of sp³-hybridized carbons (Fsp3) is 0.600. The van der Waals surface area contributed by atoms with Crippen molar-refractivity contribution >= 4 is 11.6 Å². The summed E-state index contributed by atoms with van der Waals surface area (Å²) in [7, 11) is 2.22. The summed E-state index contributed by atoms with van der Waals surface area (Å²) >= 11 is 6.03. The van der Waals surface area contributed by atoms with Gasteiger partial charge in [-0.2, -0.15) is 0 Å². The van der Waals surface area contributed by atoms with Crippen LogP contribution in [0.4, 0.5) is 0 Å². The highest BCUT2D eigenvalue weighted by molar-refractivity contribution is 6.30. The minimum absolute atomic E-state index is 0.272. The molecule has 3 rings (SSSR count). The maximum Gasteiger partial charge on any atom is 0.123 e. The molecule has 3 nitrogen and oxygen atoms in total. The molecule has 1 aromatic carbocycles. The number of fused-ring (bicyclic) bond motifs is 1. The maximum atomic E-state index is 6.03. The number of ether oxygens (including phenoxy) is 1. The number of hydrogen-bond acceptors (Lipinski definition) is 3. The summed E-state index contributed by atoms with van der Waals surface area (Å²) in [4.78, 5) is 2.46. The van der Waals surface area contributed by atoms with Gasteiger partial charge in [0.25, 0.3) is 0 Å². The molecule has 0 spiro atoms. The van der Waals surface area contributed by atoms with Gasteiger partial charge in [0, 0.05) is 24.0 Å². The Bertz CT molecular complexity index is 446. The Morgan fingerprint density at radius 1 is 1.37 bits per heavy atom. The molecule has 2 aliphatic heterocycles. The third-order valence-electron chi connectivity index (χ3n) is 4.19. The molecule has 2 aliphatic rings. The molecule has 0 aliphatic carbocycles. The molecule has 1 saturated heterocycles. The molecule has 1 N–H and O–H groups in total. The average Bonchev–Trinajstić information content (AvgIpc) is 2.81. The molecule has 0 aromatic heterocycles. The lowest BCUT2D eigenvalue weighted by Gasteiger charge is -2.32. The molecule has 1 atom stereocenters. The molecule has 104 valence electrons. The lowest BCUT2D eigenvalue weighted by Crippen LogP contribution is -2.44. The smallest absolute Gasteiger partial charge is 0.123 e. The number of nitrogens with one attached hydrogen (secondary N) is 1. The third kappa shape index (κ3) is 3.04. The topological polar surface area (TPSA) is 24.5 Å². The van der Waals surface area contributed by atoms with E-state index in [0.717, 1.165) is 36.8 Å². The van der Waals surface area contributed by atoms with Gasteiger partial charge in [0.15, 0.2) is 0 Å². The molecule has 1 aromatic rings. The molecular formula is C15H21ClN2O. The first-order valence-electron chi connectivity index (χ1n) is 7.08. The highest BCUT2D eigenvalue weighted by atomic mass is 35.5. The number of hydrogen-bond donors (Lipinski definition) is 1. The fourth-order valence-corrected chi connectivity index (χ4v) is 3.30. The lowest BCUT2D eigenvalue weighted by molar-refractivity contribution is 0.123. The van der Waals surface area contributed by atoms with Crippen LogP contribution in [-0.2, 0) is 6.42 Å². The van der Waals surface area contributed by atoms with E-state index in [-0.39, 0.29) is 6.10 Å². The van der Waals surface area contributed by atoms with E-state index in [1.807, 2.05) is 18.2 Å². The van der Waals surface area contributed by atoms with Crippen molar-refractivity contribution in [2.75, 3.05) is 26.7 Å². The Labute approximate surface area is 119 Å². The lowest BCUT2D eigenvalue weighted by atomic mass is 10.0. The summed E-state index contributed by atoms with van der Waals surface area (Å²) in [5, 5.41) is 4.21. The zero-order chi connectivity index (χ0) is 13.2. The number of likely N-dealkylation sites (N-methyl/N-ethyl adjacent to an activating group) is 1. The second-order valence-corrected chi connectivity index (χ2v) is 6.05. The molecule has 0 radical (unpaired) electrons. The van der Waals surface area contributed by atoms with Crippen molar-refractivity contribution in [2.24, 2.45) is 0 Å². The zero-order valence-corrected chi connectivity index (χ0v) is 12.1. The van der Waals surface area contributed by atoms with Gasteiger partial charge in [0.2, 0.25) is 0 Å². The molecule has 0 amide bonds. The van der Waals surface area contributed by atoms with E-state index in [4.69, 9.17) is 16.3 Å². The standard InChI is InChI=1S/C15H21ClN2O/c1-18(13-4-6-17-7-5-13)10-14-9-11-8-12(16)2-3-15(11)19-14/h2-3,8,13-14,17H,4-7,9-10H2,1H3. The highest BCUT2D eigenvalue weighted by Crippen LogP contribution is 2.31. The van der Waals surface area contributed by atoms with E-state index in [1.165, 1.54) is 18.4 Å². The van der Waals surface area contributed by atoms with Gasteiger partial charge in [-0.05, 0) is 56.7 Å². The van der Waals surface area contributed by atoms with Gasteiger partial charge in [0.05, 0.1) is 0 Å². The summed E-state index contributed by atoms with van der Waals surface area (Å²) in [6.07, 6.45) is 3.73. The highest BCUT2D eigenvalue weighted by Gasteiger charge is 2.27. The Hall–Kier alpha value is -0.770. The van der Waals surface area contributed by atoms with E-state index >= 15 is 0 Å². The van der Waals surface area contributed by atoms with E-state index in [9.17, 15) is 0 Å². The summed E-state index contributed by atoms with van der Waals surface area (Å²) in [5.74, 6) is 1.01. The van der Waals surface area contributed by atoms with Crippen molar-refractivity contribution < 1.29 is 4.74 Å². The Morgan fingerprint density at radius 3 is 2.95 bits per heavy atom. The van der Waals surface area contributed by atoms with Crippen LogP contribution in [0.1, 0.15) is 18.4 Å². The average molecular weight is 281 g/mol. The van der Waals surface area contributed by atoms with Gasteiger partial charge in [-0.15, -0.1) is 0 Å². The number of benzene rings is 1. The number of nitrogens with zero attached hydrogens (tertiary/aromatic N) is 1. The van der Waals surface area contributed by atoms with Gasteiger partial charge in [0.1, 0.15) is 11.9 Å². The predicted molar refractivity (Wildman–Crippen MR) is 78.1 cm³/mol. The third-order valence-corrected chi connectivity index (χ3v) is 4.42. The summed E-state index contributed by atoms with van der Waals surface area (Å²) < 4.78 is 6.01. The number of halogens is 1. The molecule has 0 saturated carbocycles. The molecule has 1 unspecified atom stereocenters. The fourth-order valence-electron chi connectivity index (χ4n) is 3.11. The van der Waals surface area contributed by atoms with E-state index in [1.54, 1.807) is 0 Å². The summed E-state index contributed by atoms with van der Waals surface area (Å²) in [6.45, 7) is 3.27. The molecular weight excluding hydrogens is 260 g/mol. The molecule has 0 bridgehead atoms. The van der Waals surface area contributed by atoms with Gasteiger partial charge < -0.3 is 10.1 Å². The van der Waals surface area contributed by atoms with Crippen molar-refractivity contribution in [1.29, 1.82) is 0 Å². The van der Waals surface area contributed by atoms with Gasteiger partial charge in [-0.1, -0.05) is 11.6 Å². The minimum Gasteiger partial charge on any atom is -0.488 e. The summed E-state index contributed by atoms with van der Waals surface area (Å²) in [6, 6.07) is 6.61. The number of piperidine rings is 1. The van der Waals surface area contributed by atoms with E-state index in [0.29, 0.717) is 6.04 Å². The van der Waals surface area contributed by atoms with Crippen LogP contribution < -0.4 is 10.1 Å². The Morgan fingerprint density at radius 2 is 2.16 bits per heavy atom. The van der Waals surface area contributed by atoms with Crippen LogP contribution in [0.2, 0.25) is 5.02 Å². The molecule has 1 fully saturated rings. The van der Waals surface area contributed by atoms with Crippen LogP contribution in [0.5, 0.6) is 5.75 Å².